The summed E-state index contributed by atoms with van der Waals surface area (Å²) in [6, 6.07) is 10.8. The molecule has 6 heteroatoms. The Balaban J connectivity index is 1.83. The van der Waals surface area contributed by atoms with E-state index in [1.54, 1.807) is 17.0 Å². The second kappa shape index (κ2) is 8.48. The summed E-state index contributed by atoms with van der Waals surface area (Å²) >= 11 is 6.28. The molecule has 0 radical (unpaired) electrons. The number of carbonyl (C=O) groups is 1. The Kier molecular flexibility index (Phi) is 5.91. The summed E-state index contributed by atoms with van der Waals surface area (Å²) in [6.45, 7) is 8.80. The van der Waals surface area contributed by atoms with Gasteiger partial charge in [-0.1, -0.05) is 41.4 Å². The molecule has 0 aliphatic carbocycles. The third-order valence-electron chi connectivity index (χ3n) is 5.63. The second-order valence-electron chi connectivity index (χ2n) is 8.36. The van der Waals surface area contributed by atoms with Crippen LogP contribution in [0.2, 0.25) is 5.02 Å². The third-order valence-corrected chi connectivity index (χ3v) is 6.04. The van der Waals surface area contributed by atoms with Gasteiger partial charge in [-0.25, -0.2) is 0 Å². The normalized spacial score (nSPS) is 15.9. The Bertz CT molecular complexity index is 1200. The molecule has 0 saturated carbocycles. The SMILES string of the molecule is Cc1ccc(C2c3c(oc4cc(C)c(Cl)cc4c3=O)C(=O)N2CCCOC(C)C)cc1. The van der Waals surface area contributed by atoms with E-state index in [0.29, 0.717) is 41.1 Å². The molecule has 0 bridgehead atoms. The van der Waals surface area contributed by atoms with Crippen LogP contribution in [0.3, 0.4) is 0 Å². The van der Waals surface area contributed by atoms with E-state index in [4.69, 9.17) is 20.8 Å². The zero-order chi connectivity index (χ0) is 22.3. The molecule has 1 aromatic heterocycles. The minimum Gasteiger partial charge on any atom is -0.450 e. The quantitative estimate of drug-likeness (QED) is 0.481. The largest absolute Gasteiger partial charge is 0.450 e. The van der Waals surface area contributed by atoms with Crippen molar-refractivity contribution in [3.05, 3.63) is 79.7 Å². The van der Waals surface area contributed by atoms with Gasteiger partial charge in [0.25, 0.3) is 5.91 Å². The smallest absolute Gasteiger partial charge is 0.290 e. The summed E-state index contributed by atoms with van der Waals surface area (Å²) in [6.07, 6.45) is 0.791. The maximum Gasteiger partial charge on any atom is 0.290 e. The fourth-order valence-electron chi connectivity index (χ4n) is 4.02. The number of carbonyl (C=O) groups excluding carboxylic acids is 1. The van der Waals surface area contributed by atoms with E-state index in [2.05, 4.69) is 0 Å². The lowest BCUT2D eigenvalue weighted by Crippen LogP contribution is -2.31. The van der Waals surface area contributed by atoms with Gasteiger partial charge in [-0.15, -0.1) is 0 Å². The van der Waals surface area contributed by atoms with Crippen LogP contribution in [0.4, 0.5) is 0 Å². The van der Waals surface area contributed by atoms with Gasteiger partial charge in [0.15, 0.2) is 5.43 Å². The van der Waals surface area contributed by atoms with Gasteiger partial charge in [0.1, 0.15) is 5.58 Å². The molecule has 2 heterocycles. The van der Waals surface area contributed by atoms with Gasteiger partial charge < -0.3 is 14.1 Å². The molecule has 2 aromatic carbocycles. The number of rotatable bonds is 6. The molecular weight excluding hydrogens is 414 g/mol. The fraction of sp³-hybridized carbons (Fsp3) is 0.360. The number of hydrogen-bond donors (Lipinski definition) is 0. The highest BCUT2D eigenvalue weighted by Crippen LogP contribution is 2.38. The molecule has 1 aliphatic heterocycles. The van der Waals surface area contributed by atoms with Crippen LogP contribution in [-0.4, -0.2) is 30.1 Å². The number of halogens is 1. The first-order valence-corrected chi connectivity index (χ1v) is 10.9. The van der Waals surface area contributed by atoms with E-state index in [0.717, 1.165) is 16.7 Å². The van der Waals surface area contributed by atoms with Crippen LogP contribution in [0.15, 0.2) is 45.6 Å². The van der Waals surface area contributed by atoms with Gasteiger partial charge in [0.05, 0.1) is 23.1 Å². The van der Waals surface area contributed by atoms with Crippen molar-refractivity contribution < 1.29 is 13.9 Å². The minimum absolute atomic E-state index is 0.120. The molecule has 5 nitrogen and oxygen atoms in total. The van der Waals surface area contributed by atoms with Gasteiger partial charge in [-0.05, 0) is 57.4 Å². The average molecular weight is 440 g/mol. The number of nitrogens with zero attached hydrogens (tertiary/aromatic N) is 1. The van der Waals surface area contributed by atoms with Crippen molar-refractivity contribution in [2.24, 2.45) is 0 Å². The summed E-state index contributed by atoms with van der Waals surface area (Å²) in [5, 5.41) is 0.892. The molecule has 31 heavy (non-hydrogen) atoms. The van der Waals surface area contributed by atoms with E-state index in [9.17, 15) is 9.59 Å². The molecule has 1 amide bonds. The van der Waals surface area contributed by atoms with E-state index in [-0.39, 0.29) is 23.2 Å². The van der Waals surface area contributed by atoms with Crippen LogP contribution in [-0.2, 0) is 4.74 Å². The maximum absolute atomic E-state index is 13.5. The number of ether oxygens (including phenoxy) is 1. The summed E-state index contributed by atoms with van der Waals surface area (Å²) in [4.78, 5) is 28.6. The molecule has 1 atom stereocenters. The van der Waals surface area contributed by atoms with Crippen LogP contribution in [0.1, 0.15) is 59.1 Å². The average Bonchev–Trinajstić information content (AvgIpc) is 3.00. The lowest BCUT2D eigenvalue weighted by Gasteiger charge is -2.25. The van der Waals surface area contributed by atoms with Crippen LogP contribution >= 0.6 is 11.6 Å². The number of aryl methyl sites for hydroxylation is 2. The predicted molar refractivity (Wildman–Crippen MR) is 122 cm³/mol. The van der Waals surface area contributed by atoms with Gasteiger partial charge >= 0.3 is 0 Å². The van der Waals surface area contributed by atoms with Crippen LogP contribution in [0.5, 0.6) is 0 Å². The predicted octanol–water partition coefficient (Wildman–Crippen LogP) is 5.42. The Morgan fingerprint density at radius 2 is 1.84 bits per heavy atom. The molecule has 4 rings (SSSR count). The Hall–Kier alpha value is -2.63. The Morgan fingerprint density at radius 3 is 2.52 bits per heavy atom. The number of amides is 1. The third kappa shape index (κ3) is 4.00. The lowest BCUT2D eigenvalue weighted by molar-refractivity contribution is 0.0593. The summed E-state index contributed by atoms with van der Waals surface area (Å²) < 4.78 is 11.6. The Morgan fingerprint density at radius 1 is 1.13 bits per heavy atom. The van der Waals surface area contributed by atoms with E-state index >= 15 is 0 Å². The summed E-state index contributed by atoms with van der Waals surface area (Å²) in [5.41, 5.74) is 3.33. The zero-order valence-electron chi connectivity index (χ0n) is 18.2. The van der Waals surface area contributed by atoms with Gasteiger partial charge in [0.2, 0.25) is 5.76 Å². The molecule has 0 saturated heterocycles. The van der Waals surface area contributed by atoms with E-state index < -0.39 is 6.04 Å². The second-order valence-corrected chi connectivity index (χ2v) is 8.76. The maximum atomic E-state index is 13.5. The highest BCUT2D eigenvalue weighted by atomic mass is 35.5. The number of fused-ring (bicyclic) bond motifs is 2. The first-order chi connectivity index (χ1) is 14.8. The van der Waals surface area contributed by atoms with Crippen molar-refractivity contribution in [1.82, 2.24) is 4.90 Å². The van der Waals surface area contributed by atoms with E-state index in [1.165, 1.54) is 0 Å². The van der Waals surface area contributed by atoms with Crippen molar-refractivity contribution in [2.75, 3.05) is 13.2 Å². The van der Waals surface area contributed by atoms with Gasteiger partial charge in [-0.3, -0.25) is 9.59 Å². The fourth-order valence-corrected chi connectivity index (χ4v) is 4.18. The van der Waals surface area contributed by atoms with Gasteiger partial charge in [0, 0.05) is 18.2 Å². The molecule has 3 aromatic rings. The highest BCUT2D eigenvalue weighted by Gasteiger charge is 2.42. The monoisotopic (exact) mass is 439 g/mol. The summed E-state index contributed by atoms with van der Waals surface area (Å²) in [5.74, 6) is -0.147. The summed E-state index contributed by atoms with van der Waals surface area (Å²) in [7, 11) is 0. The molecule has 1 aliphatic rings. The van der Waals surface area contributed by atoms with E-state index in [1.807, 2.05) is 52.0 Å². The standard InChI is InChI=1S/C25H26ClNO4/c1-14(2)30-11-5-10-27-22(17-8-6-15(3)7-9-17)21-23(28)18-13-19(26)16(4)12-20(18)31-24(21)25(27)29/h6-9,12-14,22H,5,10-11H2,1-4H3. The minimum atomic E-state index is -0.497. The molecule has 0 spiro atoms. The number of benzene rings is 2. The molecule has 0 N–H and O–H groups in total. The Labute approximate surface area is 186 Å². The van der Waals surface area contributed by atoms with Crippen LogP contribution in [0, 0.1) is 13.8 Å². The lowest BCUT2D eigenvalue weighted by atomic mass is 9.97. The number of hydrogen-bond acceptors (Lipinski definition) is 4. The molecular formula is C25H26ClNO4. The van der Waals surface area contributed by atoms with Crippen molar-refractivity contribution in [2.45, 2.75) is 46.3 Å². The van der Waals surface area contributed by atoms with Crippen molar-refractivity contribution >= 4 is 28.5 Å². The van der Waals surface area contributed by atoms with Crippen molar-refractivity contribution in [3.8, 4) is 0 Å². The molecule has 162 valence electrons. The van der Waals surface area contributed by atoms with Gasteiger partial charge in [-0.2, -0.15) is 0 Å². The zero-order valence-corrected chi connectivity index (χ0v) is 19.0. The molecule has 1 unspecified atom stereocenters. The highest BCUT2D eigenvalue weighted by molar-refractivity contribution is 6.32. The topological polar surface area (TPSA) is 59.8 Å². The first-order valence-electron chi connectivity index (χ1n) is 10.5. The van der Waals surface area contributed by atoms with Crippen molar-refractivity contribution in [3.63, 3.8) is 0 Å². The van der Waals surface area contributed by atoms with Crippen molar-refractivity contribution in [1.29, 1.82) is 0 Å². The first kappa shape index (κ1) is 21.6. The van der Waals surface area contributed by atoms with Crippen LogP contribution in [0.25, 0.3) is 11.0 Å². The molecule has 0 fully saturated rings. The van der Waals surface area contributed by atoms with Crippen LogP contribution < -0.4 is 5.43 Å².